The van der Waals surface area contributed by atoms with Crippen LogP contribution in [0.15, 0.2) is 6.33 Å². The van der Waals surface area contributed by atoms with Crippen LogP contribution in [0.4, 0.5) is 5.82 Å². The second-order valence-electron chi connectivity index (χ2n) is 10.8. The first kappa shape index (κ1) is 20.8. The number of anilines is 1. The van der Waals surface area contributed by atoms with Gasteiger partial charge in [0.05, 0.1) is 21.8 Å². The molecule has 2 aromatic heterocycles. The van der Waals surface area contributed by atoms with E-state index < -0.39 is 9.84 Å². The van der Waals surface area contributed by atoms with Crippen LogP contribution >= 0.6 is 11.3 Å². The van der Waals surface area contributed by atoms with Crippen LogP contribution in [0.1, 0.15) is 60.2 Å². The average molecular weight is 475 g/mol. The van der Waals surface area contributed by atoms with Crippen LogP contribution in [0, 0.1) is 30.6 Å². The lowest BCUT2D eigenvalue weighted by atomic mass is 9.53. The van der Waals surface area contributed by atoms with Gasteiger partial charge in [0.1, 0.15) is 17.0 Å². The lowest BCUT2D eigenvalue weighted by molar-refractivity contribution is -0.0166. The Labute approximate surface area is 192 Å². The fraction of sp³-hybridized carbons (Fsp3) is 0.696. The van der Waals surface area contributed by atoms with Gasteiger partial charge in [0.25, 0.3) is 5.91 Å². The Balaban J connectivity index is 1.23. The SMILES string of the molecule is Cc1c(C(=O)NC23CC4CC(CC(C4)C2)C3)sc2ncnc(NCC3CCS(=O)(=O)C3)c12. The van der Waals surface area contributed by atoms with Crippen molar-refractivity contribution in [3.05, 3.63) is 16.8 Å². The largest absolute Gasteiger partial charge is 0.369 e. The summed E-state index contributed by atoms with van der Waals surface area (Å²) in [5.41, 5.74) is 0.893. The van der Waals surface area contributed by atoms with E-state index in [4.69, 9.17) is 0 Å². The molecule has 2 aromatic rings. The van der Waals surface area contributed by atoms with Crippen LogP contribution < -0.4 is 10.6 Å². The zero-order chi connectivity index (χ0) is 22.1. The molecule has 5 aliphatic rings. The Morgan fingerprint density at radius 3 is 2.47 bits per heavy atom. The summed E-state index contributed by atoms with van der Waals surface area (Å²) >= 11 is 1.43. The van der Waals surface area contributed by atoms with Gasteiger partial charge in [-0.3, -0.25) is 4.79 Å². The highest BCUT2D eigenvalue weighted by atomic mass is 32.2. The number of carbonyl (C=O) groups is 1. The highest BCUT2D eigenvalue weighted by molar-refractivity contribution is 7.91. The summed E-state index contributed by atoms with van der Waals surface area (Å²) in [6.07, 6.45) is 9.65. The van der Waals surface area contributed by atoms with Crippen LogP contribution in [0.3, 0.4) is 0 Å². The predicted octanol–water partition coefficient (Wildman–Crippen LogP) is 3.54. The van der Waals surface area contributed by atoms with E-state index in [9.17, 15) is 13.2 Å². The van der Waals surface area contributed by atoms with Crippen LogP contribution in [0.5, 0.6) is 0 Å². The molecule has 9 heteroatoms. The Morgan fingerprint density at radius 2 is 1.84 bits per heavy atom. The zero-order valence-corrected chi connectivity index (χ0v) is 20.0. The van der Waals surface area contributed by atoms with E-state index in [0.29, 0.717) is 18.8 Å². The summed E-state index contributed by atoms with van der Waals surface area (Å²) < 4.78 is 23.5. The number of thiophene rings is 1. The van der Waals surface area contributed by atoms with Crippen molar-refractivity contribution in [2.75, 3.05) is 23.4 Å². The normalized spacial score (nSPS) is 34.8. The number of aromatic nitrogens is 2. The number of rotatable bonds is 5. The fourth-order valence-electron chi connectivity index (χ4n) is 7.26. The first-order chi connectivity index (χ1) is 15.3. The molecule has 1 saturated heterocycles. The molecule has 2 N–H and O–H groups in total. The number of carbonyl (C=O) groups excluding carboxylic acids is 1. The number of hydrogen-bond donors (Lipinski definition) is 2. The number of hydrogen-bond acceptors (Lipinski definition) is 7. The summed E-state index contributed by atoms with van der Waals surface area (Å²) in [7, 11) is -2.90. The van der Waals surface area contributed by atoms with Gasteiger partial charge in [-0.15, -0.1) is 11.3 Å². The molecule has 7 nitrogen and oxygen atoms in total. The lowest BCUT2D eigenvalue weighted by Gasteiger charge is -2.56. The quantitative estimate of drug-likeness (QED) is 0.687. The number of nitrogens with one attached hydrogen (secondary N) is 2. The monoisotopic (exact) mass is 474 g/mol. The summed E-state index contributed by atoms with van der Waals surface area (Å²) in [5.74, 6) is 3.67. The van der Waals surface area contributed by atoms with Gasteiger partial charge >= 0.3 is 0 Å². The van der Waals surface area contributed by atoms with Crippen LogP contribution in [-0.4, -0.2) is 47.9 Å². The smallest absolute Gasteiger partial charge is 0.262 e. The molecular weight excluding hydrogens is 444 g/mol. The second kappa shape index (κ2) is 7.38. The highest BCUT2D eigenvalue weighted by Gasteiger charge is 2.51. The Hall–Kier alpha value is -1.74. The minimum atomic E-state index is -2.90. The van der Waals surface area contributed by atoms with E-state index in [1.165, 1.54) is 36.9 Å². The van der Waals surface area contributed by atoms with Crippen molar-refractivity contribution < 1.29 is 13.2 Å². The summed E-state index contributed by atoms with van der Waals surface area (Å²) in [5, 5.41) is 7.71. The molecule has 0 spiro atoms. The third-order valence-corrected chi connectivity index (χ3v) is 11.3. The maximum Gasteiger partial charge on any atom is 0.262 e. The van der Waals surface area contributed by atoms with Crippen molar-refractivity contribution in [2.24, 2.45) is 23.7 Å². The van der Waals surface area contributed by atoms with E-state index in [-0.39, 0.29) is 28.9 Å². The molecule has 4 saturated carbocycles. The predicted molar refractivity (Wildman–Crippen MR) is 126 cm³/mol. The minimum Gasteiger partial charge on any atom is -0.369 e. The van der Waals surface area contributed by atoms with Crippen molar-refractivity contribution >= 4 is 43.1 Å². The van der Waals surface area contributed by atoms with Crippen LogP contribution in [0.25, 0.3) is 10.2 Å². The highest BCUT2D eigenvalue weighted by Crippen LogP contribution is 2.55. The summed E-state index contributed by atoms with van der Waals surface area (Å²) in [6, 6.07) is 0. The average Bonchev–Trinajstić information content (AvgIpc) is 3.24. The zero-order valence-electron chi connectivity index (χ0n) is 18.4. The van der Waals surface area contributed by atoms with Gasteiger partial charge in [-0.05, 0) is 81.1 Å². The second-order valence-corrected chi connectivity index (χ2v) is 14.0. The number of nitrogens with zero attached hydrogens (tertiary/aromatic N) is 2. The van der Waals surface area contributed by atoms with Gasteiger partial charge < -0.3 is 10.6 Å². The lowest BCUT2D eigenvalue weighted by Crippen LogP contribution is -2.59. The van der Waals surface area contributed by atoms with Gasteiger partial charge in [0, 0.05) is 12.1 Å². The van der Waals surface area contributed by atoms with Gasteiger partial charge in [-0.25, -0.2) is 18.4 Å². The molecule has 1 amide bonds. The molecule has 32 heavy (non-hydrogen) atoms. The van der Waals surface area contributed by atoms with Crippen molar-refractivity contribution in [1.29, 1.82) is 0 Å². The molecular formula is C23H30N4O3S2. The van der Waals surface area contributed by atoms with Crippen LogP contribution in [0.2, 0.25) is 0 Å². The molecule has 1 atom stereocenters. The number of fused-ring (bicyclic) bond motifs is 1. The van der Waals surface area contributed by atoms with Gasteiger partial charge in [0.15, 0.2) is 9.84 Å². The standard InChI is InChI=1S/C23H30N4O3S2/c1-13-18-20(24-10-14-2-3-32(29,30)11-14)25-12-26-22(18)31-19(13)21(28)27-23-7-15-4-16(8-23)6-17(5-15)9-23/h12,14-17H,2-11H2,1H3,(H,27,28)(H,24,25,26). The van der Waals surface area contributed by atoms with E-state index in [0.717, 1.165) is 57.7 Å². The third kappa shape index (κ3) is 3.61. The molecule has 3 heterocycles. The molecule has 0 radical (unpaired) electrons. The molecule has 4 aliphatic carbocycles. The molecule has 1 unspecified atom stereocenters. The van der Waals surface area contributed by atoms with E-state index in [1.54, 1.807) is 0 Å². The van der Waals surface area contributed by atoms with Crippen LogP contribution in [-0.2, 0) is 9.84 Å². The maximum absolute atomic E-state index is 13.4. The molecule has 172 valence electrons. The Morgan fingerprint density at radius 1 is 1.16 bits per heavy atom. The molecule has 1 aliphatic heterocycles. The summed E-state index contributed by atoms with van der Waals surface area (Å²) in [6.45, 7) is 2.54. The van der Waals surface area contributed by atoms with Crippen molar-refractivity contribution in [3.8, 4) is 0 Å². The van der Waals surface area contributed by atoms with E-state index in [2.05, 4.69) is 20.6 Å². The number of amides is 1. The van der Waals surface area contributed by atoms with E-state index >= 15 is 0 Å². The topological polar surface area (TPSA) is 101 Å². The first-order valence-electron chi connectivity index (χ1n) is 11.8. The number of aryl methyl sites for hydroxylation is 1. The Kier molecular flexibility index (Phi) is 4.81. The first-order valence-corrected chi connectivity index (χ1v) is 14.4. The maximum atomic E-state index is 13.4. The van der Waals surface area contributed by atoms with Gasteiger partial charge in [-0.1, -0.05) is 0 Å². The Bertz CT molecular complexity index is 1150. The minimum absolute atomic E-state index is 0.0187. The fourth-order valence-corrected chi connectivity index (χ4v) is 10.2. The van der Waals surface area contributed by atoms with Gasteiger partial charge in [-0.2, -0.15) is 0 Å². The van der Waals surface area contributed by atoms with E-state index in [1.807, 2.05) is 6.92 Å². The third-order valence-electron chi connectivity index (χ3n) is 8.23. The molecule has 5 fully saturated rings. The molecule has 7 rings (SSSR count). The molecule has 0 aromatic carbocycles. The summed E-state index contributed by atoms with van der Waals surface area (Å²) in [4.78, 5) is 23.8. The van der Waals surface area contributed by atoms with Crippen molar-refractivity contribution in [1.82, 2.24) is 15.3 Å². The molecule has 4 bridgehead atoms. The van der Waals surface area contributed by atoms with Crippen molar-refractivity contribution in [3.63, 3.8) is 0 Å². The van der Waals surface area contributed by atoms with Crippen molar-refractivity contribution in [2.45, 2.75) is 57.4 Å². The number of sulfone groups is 1. The van der Waals surface area contributed by atoms with Gasteiger partial charge in [0.2, 0.25) is 0 Å².